The Kier molecular flexibility index (Phi) is 5.12. The molecule has 2 atom stereocenters. The molecule has 1 amide bonds. The summed E-state index contributed by atoms with van der Waals surface area (Å²) in [6, 6.07) is 15.5. The van der Waals surface area contributed by atoms with Crippen molar-refractivity contribution in [2.24, 2.45) is 0 Å². The van der Waals surface area contributed by atoms with Crippen LogP contribution in [0, 0.1) is 0 Å². The largest absolute Gasteiger partial charge is 0.497 e. The van der Waals surface area contributed by atoms with Gasteiger partial charge in [-0.2, -0.15) is 4.31 Å². The van der Waals surface area contributed by atoms with Crippen molar-refractivity contribution in [3.05, 3.63) is 60.2 Å². The maximum Gasteiger partial charge on any atom is 0.251 e. The molecule has 28 heavy (non-hydrogen) atoms. The molecule has 2 saturated heterocycles. The Morgan fingerprint density at radius 1 is 1.00 bits per heavy atom. The third-order valence-corrected chi connectivity index (χ3v) is 7.69. The molecule has 2 unspecified atom stereocenters. The van der Waals surface area contributed by atoms with Gasteiger partial charge in [-0.05, 0) is 62.1 Å². The summed E-state index contributed by atoms with van der Waals surface area (Å²) < 4.78 is 33.2. The molecular weight excluding hydrogens is 376 g/mol. The summed E-state index contributed by atoms with van der Waals surface area (Å²) in [5.74, 6) is 0.528. The number of nitrogens with zero attached hydrogens (tertiary/aromatic N) is 1. The minimum absolute atomic E-state index is 0.00692. The lowest BCUT2D eigenvalue weighted by Crippen LogP contribution is -2.52. The summed E-state index contributed by atoms with van der Waals surface area (Å²) in [6.45, 7) is 0. The lowest BCUT2D eigenvalue weighted by Gasteiger charge is -2.38. The number of carbonyl (C=O) groups is 1. The number of carbonyl (C=O) groups excluding carboxylic acids is 1. The molecule has 148 valence electrons. The highest BCUT2D eigenvalue weighted by atomic mass is 32.2. The van der Waals surface area contributed by atoms with Crippen molar-refractivity contribution in [1.82, 2.24) is 9.62 Å². The van der Waals surface area contributed by atoms with Crippen LogP contribution in [-0.4, -0.2) is 43.9 Å². The van der Waals surface area contributed by atoms with E-state index < -0.39 is 10.0 Å². The van der Waals surface area contributed by atoms with E-state index in [2.05, 4.69) is 5.32 Å². The van der Waals surface area contributed by atoms with Crippen LogP contribution in [0.1, 0.15) is 36.0 Å². The molecule has 0 saturated carbocycles. The van der Waals surface area contributed by atoms with Crippen LogP contribution in [0.2, 0.25) is 0 Å². The predicted octanol–water partition coefficient (Wildman–Crippen LogP) is 2.81. The van der Waals surface area contributed by atoms with Gasteiger partial charge < -0.3 is 10.1 Å². The van der Waals surface area contributed by atoms with E-state index >= 15 is 0 Å². The molecular formula is C21H24N2O4S. The van der Waals surface area contributed by atoms with Crippen LogP contribution in [0.15, 0.2) is 59.5 Å². The van der Waals surface area contributed by atoms with Crippen LogP contribution in [-0.2, 0) is 10.0 Å². The number of nitrogens with one attached hydrogen (secondary N) is 1. The first kappa shape index (κ1) is 19.0. The van der Waals surface area contributed by atoms with Crippen molar-refractivity contribution in [3.63, 3.8) is 0 Å². The lowest BCUT2D eigenvalue weighted by atomic mass is 9.99. The quantitative estimate of drug-likeness (QED) is 0.837. The summed E-state index contributed by atoms with van der Waals surface area (Å²) in [5.41, 5.74) is 0.628. The number of hydrogen-bond donors (Lipinski definition) is 1. The number of amides is 1. The molecule has 7 heteroatoms. The van der Waals surface area contributed by atoms with Crippen LogP contribution >= 0.6 is 0 Å². The lowest BCUT2D eigenvalue weighted by molar-refractivity contribution is 0.0909. The van der Waals surface area contributed by atoms with Gasteiger partial charge in [0.05, 0.1) is 12.0 Å². The maximum absolute atomic E-state index is 13.2. The zero-order valence-electron chi connectivity index (χ0n) is 15.7. The van der Waals surface area contributed by atoms with Gasteiger partial charge in [0.25, 0.3) is 5.91 Å². The van der Waals surface area contributed by atoms with E-state index in [1.54, 1.807) is 47.8 Å². The van der Waals surface area contributed by atoms with Crippen molar-refractivity contribution >= 4 is 15.9 Å². The number of methoxy groups -OCH3 is 1. The molecule has 1 N–H and O–H groups in total. The van der Waals surface area contributed by atoms with Gasteiger partial charge in [0.15, 0.2) is 0 Å². The van der Waals surface area contributed by atoms with E-state index in [0.717, 1.165) is 12.8 Å². The van der Waals surface area contributed by atoms with Crippen molar-refractivity contribution in [3.8, 4) is 5.75 Å². The zero-order valence-corrected chi connectivity index (χ0v) is 16.6. The smallest absolute Gasteiger partial charge is 0.251 e. The molecule has 2 fully saturated rings. The summed E-state index contributed by atoms with van der Waals surface area (Å²) in [7, 11) is -2.01. The summed E-state index contributed by atoms with van der Waals surface area (Å²) in [6.07, 6.45) is 2.95. The van der Waals surface area contributed by atoms with E-state index in [-0.39, 0.29) is 28.9 Å². The number of fused-ring (bicyclic) bond motifs is 2. The van der Waals surface area contributed by atoms with E-state index in [1.807, 2.05) is 18.2 Å². The molecule has 6 nitrogen and oxygen atoms in total. The maximum atomic E-state index is 13.2. The molecule has 2 bridgehead atoms. The Bertz CT molecular complexity index is 930. The fourth-order valence-electron chi connectivity index (χ4n) is 4.37. The molecule has 4 rings (SSSR count). The molecule has 0 radical (unpaired) electrons. The molecule has 0 spiro atoms. The van der Waals surface area contributed by atoms with E-state index in [1.165, 1.54) is 0 Å². The number of piperidine rings is 1. The average Bonchev–Trinajstić information content (AvgIpc) is 3.01. The van der Waals surface area contributed by atoms with Gasteiger partial charge in [0.1, 0.15) is 5.75 Å². The SMILES string of the molecule is COc1ccc(S(=O)(=O)N2C3CCC2CC(NC(=O)c2ccccc2)C3)cc1. The van der Waals surface area contributed by atoms with Gasteiger partial charge >= 0.3 is 0 Å². The Hall–Kier alpha value is -2.38. The molecule has 2 aliphatic heterocycles. The predicted molar refractivity (Wildman–Crippen MR) is 106 cm³/mol. The van der Waals surface area contributed by atoms with Gasteiger partial charge in [-0.15, -0.1) is 0 Å². The Morgan fingerprint density at radius 3 is 2.18 bits per heavy atom. The normalized spacial score (nSPS) is 24.7. The highest BCUT2D eigenvalue weighted by molar-refractivity contribution is 7.89. The van der Waals surface area contributed by atoms with E-state index in [9.17, 15) is 13.2 Å². The Morgan fingerprint density at radius 2 is 1.61 bits per heavy atom. The number of rotatable bonds is 5. The van der Waals surface area contributed by atoms with Gasteiger partial charge in [0.2, 0.25) is 10.0 Å². The molecule has 0 aliphatic carbocycles. The molecule has 2 aromatic carbocycles. The number of benzene rings is 2. The number of hydrogen-bond acceptors (Lipinski definition) is 4. The molecule has 0 aromatic heterocycles. The third kappa shape index (κ3) is 3.52. The van der Waals surface area contributed by atoms with Gasteiger partial charge in [-0.25, -0.2) is 8.42 Å². The zero-order chi connectivity index (χ0) is 19.7. The Balaban J connectivity index is 1.48. The first-order valence-corrected chi connectivity index (χ1v) is 11.0. The second-order valence-corrected chi connectivity index (χ2v) is 9.25. The van der Waals surface area contributed by atoms with Crippen LogP contribution in [0.4, 0.5) is 0 Å². The Labute approximate surface area is 165 Å². The first-order chi connectivity index (χ1) is 13.5. The number of ether oxygens (including phenoxy) is 1. The minimum Gasteiger partial charge on any atom is -0.497 e. The molecule has 2 aliphatic rings. The van der Waals surface area contributed by atoms with Gasteiger partial charge in [-0.1, -0.05) is 18.2 Å². The standard InChI is InChI=1S/C21H24N2O4S/c1-27-19-9-11-20(12-10-19)28(25,26)23-17-7-8-18(23)14-16(13-17)22-21(24)15-5-3-2-4-6-15/h2-6,9-12,16-18H,7-8,13-14H2,1H3,(H,22,24). The number of sulfonamides is 1. The highest BCUT2D eigenvalue weighted by Gasteiger charge is 2.47. The van der Waals surface area contributed by atoms with E-state index in [0.29, 0.717) is 24.2 Å². The third-order valence-electron chi connectivity index (χ3n) is 5.67. The monoisotopic (exact) mass is 400 g/mol. The van der Waals surface area contributed by atoms with Gasteiger partial charge in [0, 0.05) is 23.7 Å². The van der Waals surface area contributed by atoms with Crippen molar-refractivity contribution < 1.29 is 17.9 Å². The van der Waals surface area contributed by atoms with E-state index in [4.69, 9.17) is 4.74 Å². The fourth-order valence-corrected chi connectivity index (χ4v) is 6.26. The van der Waals surface area contributed by atoms with Crippen LogP contribution in [0.25, 0.3) is 0 Å². The van der Waals surface area contributed by atoms with Crippen molar-refractivity contribution in [2.75, 3.05) is 7.11 Å². The first-order valence-electron chi connectivity index (χ1n) is 9.52. The highest BCUT2D eigenvalue weighted by Crippen LogP contribution is 2.40. The average molecular weight is 401 g/mol. The van der Waals surface area contributed by atoms with Crippen molar-refractivity contribution in [2.45, 2.75) is 48.7 Å². The van der Waals surface area contributed by atoms with Gasteiger partial charge in [-0.3, -0.25) is 4.79 Å². The second-order valence-electron chi connectivity index (χ2n) is 7.40. The van der Waals surface area contributed by atoms with Crippen LogP contribution < -0.4 is 10.1 Å². The van der Waals surface area contributed by atoms with Crippen LogP contribution in [0.5, 0.6) is 5.75 Å². The van der Waals surface area contributed by atoms with Crippen molar-refractivity contribution in [1.29, 1.82) is 0 Å². The topological polar surface area (TPSA) is 75.7 Å². The minimum atomic E-state index is -3.56. The molecule has 2 heterocycles. The summed E-state index contributed by atoms with van der Waals surface area (Å²) >= 11 is 0. The second kappa shape index (κ2) is 7.56. The summed E-state index contributed by atoms with van der Waals surface area (Å²) in [4.78, 5) is 12.7. The molecule has 2 aromatic rings. The summed E-state index contributed by atoms with van der Waals surface area (Å²) in [5, 5.41) is 3.09. The fraction of sp³-hybridized carbons (Fsp3) is 0.381. The van der Waals surface area contributed by atoms with Crippen LogP contribution in [0.3, 0.4) is 0 Å².